The Hall–Kier alpha value is -2.05. The van der Waals surface area contributed by atoms with Crippen LogP contribution in [0.25, 0.3) is 0 Å². The van der Waals surface area contributed by atoms with Gasteiger partial charge in [-0.2, -0.15) is 0 Å². The average molecular weight is 400 g/mol. The first-order valence-electron chi connectivity index (χ1n) is 10.2. The fourth-order valence-electron chi connectivity index (χ4n) is 2.08. The second kappa shape index (κ2) is 18.3. The SMILES string of the molecule is CCC(C)C(=O)CCC(C)=O.CCCCCCC(=O)ON(C=O)C(=O)CCC. The molecule has 0 aliphatic heterocycles. The van der Waals surface area contributed by atoms with Gasteiger partial charge in [0.05, 0.1) is 0 Å². The van der Waals surface area contributed by atoms with E-state index in [4.69, 9.17) is 0 Å². The van der Waals surface area contributed by atoms with Gasteiger partial charge in [0, 0.05) is 31.6 Å². The van der Waals surface area contributed by atoms with Crippen LogP contribution in [0, 0.1) is 5.92 Å². The number of carbonyl (C=O) groups is 5. The fourth-order valence-corrected chi connectivity index (χ4v) is 2.08. The van der Waals surface area contributed by atoms with Gasteiger partial charge < -0.3 is 9.63 Å². The van der Waals surface area contributed by atoms with Crippen LogP contribution in [0.3, 0.4) is 0 Å². The number of imide groups is 1. The van der Waals surface area contributed by atoms with Crippen LogP contribution in [0.4, 0.5) is 0 Å². The molecule has 0 aromatic heterocycles. The molecule has 7 nitrogen and oxygen atoms in total. The summed E-state index contributed by atoms with van der Waals surface area (Å²) in [6.45, 7) is 9.30. The summed E-state index contributed by atoms with van der Waals surface area (Å²) in [5.74, 6) is -0.583. The molecule has 0 saturated carbocycles. The topological polar surface area (TPSA) is 97.8 Å². The van der Waals surface area contributed by atoms with E-state index >= 15 is 0 Å². The zero-order valence-corrected chi connectivity index (χ0v) is 18.1. The lowest BCUT2D eigenvalue weighted by Gasteiger charge is -2.13. The van der Waals surface area contributed by atoms with E-state index in [1.807, 2.05) is 20.8 Å². The van der Waals surface area contributed by atoms with Gasteiger partial charge in [-0.3, -0.25) is 14.4 Å². The molecule has 162 valence electrons. The molecule has 2 amide bonds. The summed E-state index contributed by atoms with van der Waals surface area (Å²) >= 11 is 0. The average Bonchev–Trinajstić information content (AvgIpc) is 2.67. The number of nitrogens with zero attached hydrogens (tertiary/aromatic N) is 1. The smallest absolute Gasteiger partial charge is 0.331 e. The van der Waals surface area contributed by atoms with Crippen LogP contribution >= 0.6 is 0 Å². The largest absolute Gasteiger partial charge is 0.333 e. The lowest BCUT2D eigenvalue weighted by molar-refractivity contribution is -0.196. The molecule has 0 aliphatic carbocycles. The molecule has 0 N–H and O–H groups in total. The number of rotatable bonds is 13. The Balaban J connectivity index is 0. The van der Waals surface area contributed by atoms with Crippen molar-refractivity contribution in [3.63, 3.8) is 0 Å². The Morgan fingerprint density at radius 1 is 0.893 bits per heavy atom. The van der Waals surface area contributed by atoms with Crippen molar-refractivity contribution in [1.82, 2.24) is 5.06 Å². The van der Waals surface area contributed by atoms with E-state index in [0.717, 1.165) is 32.1 Å². The first-order valence-corrected chi connectivity index (χ1v) is 10.2. The van der Waals surface area contributed by atoms with Crippen molar-refractivity contribution in [2.24, 2.45) is 5.92 Å². The minimum atomic E-state index is -0.530. The summed E-state index contributed by atoms with van der Waals surface area (Å²) in [5.41, 5.74) is 0. The second-order valence-corrected chi connectivity index (χ2v) is 6.83. The van der Waals surface area contributed by atoms with Gasteiger partial charge in [-0.1, -0.05) is 47.0 Å². The standard InChI is InChI=1S/C12H21NO4.C9H16O2/c1-3-5-6-7-9-12(16)17-13(10-14)11(15)8-4-2;1-4-7(2)9(11)6-5-8(3)10/h10H,3-9H2,1-2H3;7H,4-6H2,1-3H3. The molecule has 0 aliphatic rings. The van der Waals surface area contributed by atoms with Crippen molar-refractivity contribution in [3.05, 3.63) is 0 Å². The summed E-state index contributed by atoms with van der Waals surface area (Å²) in [4.78, 5) is 59.5. The Bertz CT molecular complexity index is 489. The molecule has 0 aromatic rings. The number of unbranched alkanes of at least 4 members (excludes halogenated alkanes) is 3. The van der Waals surface area contributed by atoms with E-state index in [9.17, 15) is 24.0 Å². The highest BCUT2D eigenvalue weighted by Crippen LogP contribution is 2.07. The van der Waals surface area contributed by atoms with Crippen molar-refractivity contribution in [2.75, 3.05) is 0 Å². The Labute approximate surface area is 169 Å². The first kappa shape index (κ1) is 28.2. The fraction of sp³-hybridized carbons (Fsp3) is 0.762. The maximum atomic E-state index is 11.3. The maximum Gasteiger partial charge on any atom is 0.333 e. The molecule has 0 rings (SSSR count). The van der Waals surface area contributed by atoms with E-state index in [0.29, 0.717) is 24.3 Å². The summed E-state index contributed by atoms with van der Waals surface area (Å²) in [6, 6.07) is 0. The molecule has 28 heavy (non-hydrogen) atoms. The van der Waals surface area contributed by atoms with Crippen LogP contribution in [0.5, 0.6) is 0 Å². The van der Waals surface area contributed by atoms with Crippen LogP contribution in [-0.2, 0) is 28.8 Å². The van der Waals surface area contributed by atoms with Crippen LogP contribution in [0.2, 0.25) is 0 Å². The number of hydroxylamine groups is 2. The predicted molar refractivity (Wildman–Crippen MR) is 107 cm³/mol. The van der Waals surface area contributed by atoms with E-state index in [1.165, 1.54) is 6.92 Å². The third-order valence-corrected chi connectivity index (χ3v) is 4.13. The molecule has 1 unspecified atom stereocenters. The summed E-state index contributed by atoms with van der Waals surface area (Å²) in [7, 11) is 0. The molecule has 0 fully saturated rings. The number of hydrogen-bond acceptors (Lipinski definition) is 6. The molecule has 0 bridgehead atoms. The maximum absolute atomic E-state index is 11.3. The highest BCUT2D eigenvalue weighted by molar-refractivity contribution is 5.86. The number of amides is 2. The normalized spacial score (nSPS) is 10.9. The van der Waals surface area contributed by atoms with Crippen LogP contribution in [0.1, 0.15) is 98.8 Å². The Morgan fingerprint density at radius 3 is 2.00 bits per heavy atom. The van der Waals surface area contributed by atoms with Crippen LogP contribution < -0.4 is 0 Å². The van der Waals surface area contributed by atoms with E-state index in [2.05, 4.69) is 11.8 Å². The minimum absolute atomic E-state index is 0.0988. The second-order valence-electron chi connectivity index (χ2n) is 6.83. The van der Waals surface area contributed by atoms with Crippen LogP contribution in [-0.4, -0.2) is 34.9 Å². The van der Waals surface area contributed by atoms with Crippen molar-refractivity contribution in [3.8, 4) is 0 Å². The van der Waals surface area contributed by atoms with E-state index in [1.54, 1.807) is 0 Å². The molecular formula is C21H37NO6. The van der Waals surface area contributed by atoms with Crippen molar-refractivity contribution in [2.45, 2.75) is 98.8 Å². The number of hydrogen-bond donors (Lipinski definition) is 0. The van der Waals surface area contributed by atoms with Gasteiger partial charge in [0.25, 0.3) is 12.3 Å². The molecule has 0 aromatic carbocycles. The molecule has 7 heteroatoms. The van der Waals surface area contributed by atoms with Crippen molar-refractivity contribution < 1.29 is 28.8 Å². The number of Topliss-reactive ketones (excluding diaryl/α,β-unsaturated/α-hetero) is 2. The summed E-state index contributed by atoms with van der Waals surface area (Å²) in [5, 5.41) is 0.492. The number of carbonyl (C=O) groups excluding carboxylic acids is 5. The third kappa shape index (κ3) is 16.1. The van der Waals surface area contributed by atoms with Crippen LogP contribution in [0.15, 0.2) is 0 Å². The van der Waals surface area contributed by atoms with Gasteiger partial charge in [-0.05, 0) is 26.2 Å². The Morgan fingerprint density at radius 2 is 1.54 bits per heavy atom. The van der Waals surface area contributed by atoms with Crippen molar-refractivity contribution in [1.29, 1.82) is 0 Å². The van der Waals surface area contributed by atoms with E-state index < -0.39 is 11.9 Å². The highest BCUT2D eigenvalue weighted by atomic mass is 16.7. The van der Waals surface area contributed by atoms with Gasteiger partial charge in [-0.25, -0.2) is 4.79 Å². The molecule has 0 heterocycles. The number of ketones is 2. The zero-order chi connectivity index (χ0) is 21.9. The molecule has 0 spiro atoms. The zero-order valence-electron chi connectivity index (χ0n) is 18.1. The minimum Gasteiger partial charge on any atom is -0.331 e. The van der Waals surface area contributed by atoms with Gasteiger partial charge in [0.1, 0.15) is 11.6 Å². The van der Waals surface area contributed by atoms with E-state index in [-0.39, 0.29) is 36.7 Å². The quantitative estimate of drug-likeness (QED) is 0.262. The molecule has 0 saturated heterocycles. The lowest BCUT2D eigenvalue weighted by atomic mass is 9.99. The van der Waals surface area contributed by atoms with Gasteiger partial charge in [0.15, 0.2) is 0 Å². The summed E-state index contributed by atoms with van der Waals surface area (Å²) in [6.07, 6.45) is 6.82. The summed E-state index contributed by atoms with van der Waals surface area (Å²) < 4.78 is 0. The third-order valence-electron chi connectivity index (χ3n) is 4.13. The van der Waals surface area contributed by atoms with Gasteiger partial charge >= 0.3 is 5.97 Å². The molecule has 1 atom stereocenters. The lowest BCUT2D eigenvalue weighted by Crippen LogP contribution is -2.32. The van der Waals surface area contributed by atoms with Gasteiger partial charge in [0.2, 0.25) is 0 Å². The van der Waals surface area contributed by atoms with Crippen molar-refractivity contribution >= 4 is 29.9 Å². The highest BCUT2D eigenvalue weighted by Gasteiger charge is 2.16. The molecular weight excluding hydrogens is 362 g/mol. The van der Waals surface area contributed by atoms with Gasteiger partial charge in [-0.15, -0.1) is 5.06 Å². The first-order chi connectivity index (χ1) is 13.2. The Kier molecular flexibility index (Phi) is 18.4. The predicted octanol–water partition coefficient (Wildman–Crippen LogP) is 4.17. The molecule has 0 radical (unpaired) electrons. The monoisotopic (exact) mass is 399 g/mol.